The minimum absolute atomic E-state index is 0.115. The molecule has 130 valence electrons. The van der Waals surface area contributed by atoms with Crippen LogP contribution >= 0.6 is 11.8 Å². The van der Waals surface area contributed by atoms with E-state index < -0.39 is 0 Å². The van der Waals surface area contributed by atoms with Gasteiger partial charge in [-0.25, -0.2) is 4.39 Å². The highest BCUT2D eigenvalue weighted by molar-refractivity contribution is 7.99. The Bertz CT molecular complexity index is 863. The topological polar surface area (TPSA) is 64.2 Å². The van der Waals surface area contributed by atoms with Crippen LogP contribution in [0.4, 0.5) is 4.39 Å². The molecule has 0 aliphatic rings. The Balaban J connectivity index is 1.60. The van der Waals surface area contributed by atoms with Crippen LogP contribution in [0.1, 0.15) is 5.56 Å². The highest BCUT2D eigenvalue weighted by Gasteiger charge is 2.16. The van der Waals surface area contributed by atoms with Crippen LogP contribution in [0.3, 0.4) is 0 Å². The van der Waals surface area contributed by atoms with Gasteiger partial charge in [0.1, 0.15) is 5.82 Å². The Morgan fingerprint density at radius 3 is 2.80 bits per heavy atom. The van der Waals surface area contributed by atoms with Gasteiger partial charge in [0, 0.05) is 26.2 Å². The molecule has 25 heavy (non-hydrogen) atoms. The van der Waals surface area contributed by atoms with Crippen LogP contribution in [0.5, 0.6) is 0 Å². The molecule has 0 N–H and O–H groups in total. The SMILES string of the molecule is CN(Cc1ccccc1F)C(=O)CSc1nnc(-c2ccco2)n1C. The fourth-order valence-corrected chi connectivity index (χ4v) is 3.12. The lowest BCUT2D eigenvalue weighted by Gasteiger charge is -2.17. The second-order valence-corrected chi connectivity index (χ2v) is 6.41. The molecule has 0 atom stereocenters. The van der Waals surface area contributed by atoms with Crippen molar-refractivity contribution >= 4 is 17.7 Å². The van der Waals surface area contributed by atoms with Crippen LogP contribution in [-0.4, -0.2) is 38.4 Å². The molecule has 6 nitrogen and oxygen atoms in total. The molecule has 3 aromatic rings. The summed E-state index contributed by atoms with van der Waals surface area (Å²) in [6.07, 6.45) is 1.57. The number of benzene rings is 1. The number of carbonyl (C=O) groups is 1. The first-order valence-corrected chi connectivity index (χ1v) is 8.58. The summed E-state index contributed by atoms with van der Waals surface area (Å²) in [7, 11) is 3.47. The highest BCUT2D eigenvalue weighted by Crippen LogP contribution is 2.23. The molecule has 1 amide bonds. The Hall–Kier alpha value is -2.61. The average Bonchev–Trinajstić information content (AvgIpc) is 3.24. The molecule has 0 bridgehead atoms. The molecule has 8 heteroatoms. The predicted octanol–water partition coefficient (Wildman–Crippen LogP) is 2.96. The smallest absolute Gasteiger partial charge is 0.233 e. The summed E-state index contributed by atoms with van der Waals surface area (Å²) < 4.78 is 20.8. The predicted molar refractivity (Wildman–Crippen MR) is 92.3 cm³/mol. The number of aromatic nitrogens is 3. The molecule has 0 saturated carbocycles. The monoisotopic (exact) mass is 360 g/mol. The molecule has 0 spiro atoms. The zero-order chi connectivity index (χ0) is 17.8. The van der Waals surface area contributed by atoms with Gasteiger partial charge in [0.15, 0.2) is 16.7 Å². The number of nitrogens with zero attached hydrogens (tertiary/aromatic N) is 4. The number of amides is 1. The van der Waals surface area contributed by atoms with Crippen molar-refractivity contribution in [3.8, 4) is 11.6 Å². The molecule has 0 aliphatic carbocycles. The number of furan rings is 1. The zero-order valence-electron chi connectivity index (χ0n) is 13.8. The lowest BCUT2D eigenvalue weighted by molar-refractivity contribution is -0.127. The second kappa shape index (κ2) is 7.52. The van der Waals surface area contributed by atoms with E-state index in [9.17, 15) is 9.18 Å². The maximum absolute atomic E-state index is 13.7. The van der Waals surface area contributed by atoms with E-state index in [4.69, 9.17) is 4.42 Å². The number of hydrogen-bond donors (Lipinski definition) is 0. The van der Waals surface area contributed by atoms with Crippen LogP contribution in [-0.2, 0) is 18.4 Å². The number of thioether (sulfide) groups is 1. The van der Waals surface area contributed by atoms with Gasteiger partial charge >= 0.3 is 0 Å². The number of rotatable bonds is 6. The maximum atomic E-state index is 13.7. The van der Waals surface area contributed by atoms with Gasteiger partial charge in [-0.05, 0) is 18.2 Å². The molecular formula is C17H17FN4O2S. The van der Waals surface area contributed by atoms with Gasteiger partial charge in [-0.15, -0.1) is 10.2 Å². The van der Waals surface area contributed by atoms with Gasteiger partial charge in [-0.1, -0.05) is 30.0 Å². The van der Waals surface area contributed by atoms with Crippen LogP contribution in [0.25, 0.3) is 11.6 Å². The van der Waals surface area contributed by atoms with Gasteiger partial charge in [0.05, 0.1) is 12.0 Å². The van der Waals surface area contributed by atoms with Crippen molar-refractivity contribution in [3.05, 3.63) is 54.0 Å². The van der Waals surface area contributed by atoms with Gasteiger partial charge in [0.2, 0.25) is 5.91 Å². The first kappa shape index (κ1) is 17.2. The summed E-state index contributed by atoms with van der Waals surface area (Å²) in [5.74, 6) is 0.973. The Morgan fingerprint density at radius 2 is 2.08 bits per heavy atom. The lowest BCUT2D eigenvalue weighted by Crippen LogP contribution is -2.28. The summed E-state index contributed by atoms with van der Waals surface area (Å²) in [5.41, 5.74) is 0.488. The first-order valence-electron chi connectivity index (χ1n) is 7.59. The van der Waals surface area contributed by atoms with E-state index >= 15 is 0 Å². The van der Waals surface area contributed by atoms with Gasteiger partial charge in [0.25, 0.3) is 0 Å². The van der Waals surface area contributed by atoms with Crippen LogP contribution in [0.15, 0.2) is 52.2 Å². The Morgan fingerprint density at radius 1 is 1.28 bits per heavy atom. The van der Waals surface area contributed by atoms with Crippen LogP contribution in [0.2, 0.25) is 0 Å². The van der Waals surface area contributed by atoms with Crippen molar-refractivity contribution in [1.82, 2.24) is 19.7 Å². The molecule has 1 aromatic carbocycles. The standard InChI is InChI=1S/C17H17FN4O2S/c1-21(10-12-6-3-4-7-13(12)18)15(23)11-25-17-20-19-16(22(17)2)14-8-5-9-24-14/h3-9H,10-11H2,1-2H3. The van der Waals surface area contributed by atoms with E-state index in [1.165, 1.54) is 22.7 Å². The van der Waals surface area contributed by atoms with Gasteiger partial charge < -0.3 is 13.9 Å². The molecular weight excluding hydrogens is 343 g/mol. The fourth-order valence-electron chi connectivity index (χ4n) is 2.27. The van der Waals surface area contributed by atoms with Crippen LogP contribution < -0.4 is 0 Å². The third-order valence-electron chi connectivity index (χ3n) is 3.69. The molecule has 0 fully saturated rings. The normalized spacial score (nSPS) is 10.8. The quantitative estimate of drug-likeness (QED) is 0.633. The Labute approximate surface area is 148 Å². The summed E-state index contributed by atoms with van der Waals surface area (Å²) in [6.45, 7) is 0.225. The number of halogens is 1. The number of carbonyl (C=O) groups excluding carboxylic acids is 1. The van der Waals surface area contributed by atoms with Crippen molar-refractivity contribution in [1.29, 1.82) is 0 Å². The highest BCUT2D eigenvalue weighted by atomic mass is 32.2. The molecule has 2 heterocycles. The molecule has 2 aromatic heterocycles. The van der Waals surface area contributed by atoms with Crippen molar-refractivity contribution < 1.29 is 13.6 Å². The molecule has 0 unspecified atom stereocenters. The van der Waals surface area contributed by atoms with Crippen molar-refractivity contribution in [2.24, 2.45) is 7.05 Å². The lowest BCUT2D eigenvalue weighted by atomic mass is 10.2. The van der Waals surface area contributed by atoms with E-state index in [1.54, 1.807) is 48.2 Å². The van der Waals surface area contributed by atoms with E-state index in [0.29, 0.717) is 22.3 Å². The zero-order valence-corrected chi connectivity index (χ0v) is 14.7. The van der Waals surface area contributed by atoms with Crippen molar-refractivity contribution in [2.75, 3.05) is 12.8 Å². The van der Waals surface area contributed by atoms with E-state index in [0.717, 1.165) is 0 Å². The fraction of sp³-hybridized carbons (Fsp3) is 0.235. The van der Waals surface area contributed by atoms with Crippen molar-refractivity contribution in [2.45, 2.75) is 11.7 Å². The van der Waals surface area contributed by atoms with E-state index in [1.807, 2.05) is 7.05 Å². The average molecular weight is 360 g/mol. The van der Waals surface area contributed by atoms with Gasteiger partial charge in [-0.2, -0.15) is 0 Å². The van der Waals surface area contributed by atoms with E-state index in [2.05, 4.69) is 10.2 Å². The van der Waals surface area contributed by atoms with Gasteiger partial charge in [-0.3, -0.25) is 4.79 Å². The molecule has 3 rings (SSSR count). The molecule has 0 saturated heterocycles. The third kappa shape index (κ3) is 3.90. The summed E-state index contributed by atoms with van der Waals surface area (Å²) in [4.78, 5) is 13.8. The summed E-state index contributed by atoms with van der Waals surface area (Å²) in [5, 5.41) is 8.78. The maximum Gasteiger partial charge on any atom is 0.233 e. The second-order valence-electron chi connectivity index (χ2n) is 5.47. The molecule has 0 aliphatic heterocycles. The summed E-state index contributed by atoms with van der Waals surface area (Å²) >= 11 is 1.28. The Kier molecular flexibility index (Phi) is 5.18. The van der Waals surface area contributed by atoms with Crippen molar-refractivity contribution in [3.63, 3.8) is 0 Å². The minimum Gasteiger partial charge on any atom is -0.461 e. The first-order chi connectivity index (χ1) is 12.1. The van der Waals surface area contributed by atoms with Crippen LogP contribution in [0, 0.1) is 5.82 Å². The molecule has 0 radical (unpaired) electrons. The van der Waals surface area contributed by atoms with E-state index in [-0.39, 0.29) is 24.0 Å². The summed E-state index contributed by atoms with van der Waals surface area (Å²) in [6, 6.07) is 10.0. The third-order valence-corrected chi connectivity index (χ3v) is 4.70. The number of hydrogen-bond acceptors (Lipinski definition) is 5. The largest absolute Gasteiger partial charge is 0.461 e. The minimum atomic E-state index is -0.314.